The molecule has 20 heavy (non-hydrogen) atoms. The number of aromatic nitrogens is 1. The minimum Gasteiger partial charge on any atom is -0.504 e. The Balaban J connectivity index is 2.40. The highest BCUT2D eigenvalue weighted by Crippen LogP contribution is 2.32. The van der Waals surface area contributed by atoms with Crippen LogP contribution < -0.4 is 10.1 Å². The van der Waals surface area contributed by atoms with Gasteiger partial charge in [0.2, 0.25) is 0 Å². The molecule has 0 aliphatic rings. The Kier molecular flexibility index (Phi) is 4.15. The molecule has 5 heteroatoms. The van der Waals surface area contributed by atoms with Crippen molar-refractivity contribution in [3.05, 3.63) is 53.2 Å². The van der Waals surface area contributed by atoms with Crippen molar-refractivity contribution < 1.29 is 9.84 Å². The molecular formula is C15H15ClN2O2. The van der Waals surface area contributed by atoms with E-state index in [0.29, 0.717) is 16.7 Å². The number of halogens is 1. The zero-order valence-corrected chi connectivity index (χ0v) is 12.0. The predicted octanol–water partition coefficient (Wildman–Crippen LogP) is 3.55. The minimum absolute atomic E-state index is 0.0696. The molecule has 0 radical (unpaired) electrons. The van der Waals surface area contributed by atoms with Crippen LogP contribution in [-0.4, -0.2) is 24.2 Å². The molecule has 0 spiro atoms. The van der Waals surface area contributed by atoms with Gasteiger partial charge in [0.05, 0.1) is 7.11 Å². The van der Waals surface area contributed by atoms with Gasteiger partial charge in [0.25, 0.3) is 0 Å². The van der Waals surface area contributed by atoms with Gasteiger partial charge in [-0.05, 0) is 41.0 Å². The highest BCUT2D eigenvalue weighted by molar-refractivity contribution is 6.29. The maximum atomic E-state index is 9.83. The normalized spacial score (nSPS) is 10.2. The zero-order chi connectivity index (χ0) is 14.7. The van der Waals surface area contributed by atoms with E-state index in [-0.39, 0.29) is 5.75 Å². The third kappa shape index (κ3) is 2.86. The second-order valence-corrected chi connectivity index (χ2v) is 4.57. The number of aromatic hydroxyl groups is 1. The predicted molar refractivity (Wildman–Crippen MR) is 81.6 cm³/mol. The lowest BCUT2D eigenvalue weighted by Crippen LogP contribution is -1.95. The quantitative estimate of drug-likeness (QED) is 0.846. The van der Waals surface area contributed by atoms with Gasteiger partial charge < -0.3 is 15.2 Å². The summed E-state index contributed by atoms with van der Waals surface area (Å²) < 4.78 is 5.02. The van der Waals surface area contributed by atoms with Gasteiger partial charge in [0, 0.05) is 7.05 Å². The summed E-state index contributed by atoms with van der Waals surface area (Å²) in [6, 6.07) is 8.70. The minimum atomic E-state index is 0.0696. The standard InChI is InChI=1S/C15H15ClN2O2/c1-9(10-4-5-13(20-3)12(19)6-10)11-7-14(16)18-15(8-11)17-2/h4-8,19H,1H2,2-3H3,(H,17,18). The van der Waals surface area contributed by atoms with Gasteiger partial charge >= 0.3 is 0 Å². The van der Waals surface area contributed by atoms with Gasteiger partial charge in [0.1, 0.15) is 11.0 Å². The fourth-order valence-electron chi connectivity index (χ4n) is 1.84. The molecule has 2 N–H and O–H groups in total. The lowest BCUT2D eigenvalue weighted by molar-refractivity contribution is 0.373. The number of nitrogens with zero attached hydrogens (tertiary/aromatic N) is 1. The van der Waals surface area contributed by atoms with Gasteiger partial charge in [0.15, 0.2) is 11.5 Å². The summed E-state index contributed by atoms with van der Waals surface area (Å²) in [7, 11) is 3.27. The first kappa shape index (κ1) is 14.2. The van der Waals surface area contributed by atoms with Crippen molar-refractivity contribution in [2.75, 3.05) is 19.5 Å². The summed E-state index contributed by atoms with van der Waals surface area (Å²) in [5, 5.41) is 13.1. The summed E-state index contributed by atoms with van der Waals surface area (Å²) in [4.78, 5) is 4.12. The van der Waals surface area contributed by atoms with Crippen molar-refractivity contribution in [1.82, 2.24) is 4.98 Å². The van der Waals surface area contributed by atoms with Gasteiger partial charge in [-0.3, -0.25) is 0 Å². The Morgan fingerprint density at radius 2 is 2.05 bits per heavy atom. The Morgan fingerprint density at radius 3 is 2.65 bits per heavy atom. The van der Waals surface area contributed by atoms with E-state index in [2.05, 4.69) is 16.9 Å². The molecule has 4 nitrogen and oxygen atoms in total. The molecular weight excluding hydrogens is 276 g/mol. The summed E-state index contributed by atoms with van der Waals surface area (Å²) in [6.45, 7) is 4.04. The van der Waals surface area contributed by atoms with E-state index in [1.165, 1.54) is 7.11 Å². The fraction of sp³-hybridized carbons (Fsp3) is 0.133. The van der Waals surface area contributed by atoms with E-state index >= 15 is 0 Å². The van der Waals surface area contributed by atoms with Crippen molar-refractivity contribution in [2.45, 2.75) is 0 Å². The van der Waals surface area contributed by atoms with Crippen LogP contribution in [0.5, 0.6) is 11.5 Å². The lowest BCUT2D eigenvalue weighted by Gasteiger charge is -2.11. The van der Waals surface area contributed by atoms with Crippen LogP contribution in [-0.2, 0) is 0 Å². The average molecular weight is 291 g/mol. The molecule has 0 saturated carbocycles. The molecule has 0 aliphatic carbocycles. The summed E-state index contributed by atoms with van der Waals surface area (Å²) in [5.74, 6) is 1.15. The Hall–Kier alpha value is -2.20. The summed E-state index contributed by atoms with van der Waals surface area (Å²) in [5.41, 5.74) is 2.36. The number of pyridine rings is 1. The lowest BCUT2D eigenvalue weighted by atomic mass is 10.00. The summed E-state index contributed by atoms with van der Waals surface area (Å²) in [6.07, 6.45) is 0. The maximum absolute atomic E-state index is 9.83. The number of benzene rings is 1. The molecule has 1 heterocycles. The molecule has 104 valence electrons. The maximum Gasteiger partial charge on any atom is 0.160 e. The fourth-order valence-corrected chi connectivity index (χ4v) is 2.05. The van der Waals surface area contributed by atoms with Crippen molar-refractivity contribution in [2.24, 2.45) is 0 Å². The molecule has 0 atom stereocenters. The van der Waals surface area contributed by atoms with E-state index in [1.54, 1.807) is 25.2 Å². The van der Waals surface area contributed by atoms with Crippen molar-refractivity contribution in [3.8, 4) is 11.5 Å². The number of nitrogens with one attached hydrogen (secondary N) is 1. The monoisotopic (exact) mass is 290 g/mol. The van der Waals surface area contributed by atoms with E-state index in [1.807, 2.05) is 12.1 Å². The van der Waals surface area contributed by atoms with E-state index in [0.717, 1.165) is 16.7 Å². The van der Waals surface area contributed by atoms with Crippen molar-refractivity contribution in [3.63, 3.8) is 0 Å². The molecule has 0 saturated heterocycles. The Morgan fingerprint density at radius 1 is 1.30 bits per heavy atom. The van der Waals surface area contributed by atoms with Crippen LogP contribution in [0.4, 0.5) is 5.82 Å². The number of phenolic OH excluding ortho intramolecular Hbond substituents is 1. The number of ether oxygens (including phenoxy) is 1. The topological polar surface area (TPSA) is 54.4 Å². The van der Waals surface area contributed by atoms with Crippen LogP contribution in [0.15, 0.2) is 36.9 Å². The molecule has 1 aromatic heterocycles. The number of hydrogen-bond donors (Lipinski definition) is 2. The molecule has 0 bridgehead atoms. The van der Waals surface area contributed by atoms with Crippen LogP contribution in [0.2, 0.25) is 5.15 Å². The average Bonchev–Trinajstić information content (AvgIpc) is 2.45. The number of anilines is 1. The van der Waals surface area contributed by atoms with Gasteiger partial charge in [-0.1, -0.05) is 24.2 Å². The second kappa shape index (κ2) is 5.84. The number of phenols is 1. The first-order valence-corrected chi connectivity index (χ1v) is 6.35. The molecule has 2 rings (SSSR count). The second-order valence-electron chi connectivity index (χ2n) is 4.18. The Bertz CT molecular complexity index is 656. The smallest absolute Gasteiger partial charge is 0.160 e. The largest absolute Gasteiger partial charge is 0.504 e. The third-order valence-electron chi connectivity index (χ3n) is 2.93. The van der Waals surface area contributed by atoms with Crippen LogP contribution in [0.1, 0.15) is 11.1 Å². The molecule has 2 aromatic rings. The Labute approximate surface area is 122 Å². The van der Waals surface area contributed by atoms with Crippen LogP contribution in [0.3, 0.4) is 0 Å². The van der Waals surface area contributed by atoms with E-state index < -0.39 is 0 Å². The van der Waals surface area contributed by atoms with Gasteiger partial charge in [-0.25, -0.2) is 4.98 Å². The van der Waals surface area contributed by atoms with Crippen LogP contribution >= 0.6 is 11.6 Å². The van der Waals surface area contributed by atoms with Crippen molar-refractivity contribution >= 4 is 23.0 Å². The number of hydrogen-bond acceptors (Lipinski definition) is 4. The highest BCUT2D eigenvalue weighted by Gasteiger charge is 2.09. The van der Waals surface area contributed by atoms with Gasteiger partial charge in [-0.15, -0.1) is 0 Å². The molecule has 0 unspecified atom stereocenters. The first-order chi connectivity index (χ1) is 9.55. The van der Waals surface area contributed by atoms with E-state index in [4.69, 9.17) is 16.3 Å². The number of methoxy groups -OCH3 is 1. The van der Waals surface area contributed by atoms with Crippen LogP contribution in [0, 0.1) is 0 Å². The third-order valence-corrected chi connectivity index (χ3v) is 3.12. The van der Waals surface area contributed by atoms with E-state index in [9.17, 15) is 5.11 Å². The first-order valence-electron chi connectivity index (χ1n) is 5.97. The summed E-state index contributed by atoms with van der Waals surface area (Å²) >= 11 is 5.98. The SMILES string of the molecule is C=C(c1cc(Cl)nc(NC)c1)c1ccc(OC)c(O)c1. The van der Waals surface area contributed by atoms with Crippen molar-refractivity contribution in [1.29, 1.82) is 0 Å². The molecule has 1 aromatic carbocycles. The molecule has 0 amide bonds. The highest BCUT2D eigenvalue weighted by atomic mass is 35.5. The zero-order valence-electron chi connectivity index (χ0n) is 11.3. The van der Waals surface area contributed by atoms with Crippen LogP contribution in [0.25, 0.3) is 5.57 Å². The molecule has 0 fully saturated rings. The van der Waals surface area contributed by atoms with Gasteiger partial charge in [-0.2, -0.15) is 0 Å². The molecule has 0 aliphatic heterocycles. The number of rotatable bonds is 4.